The number of halogens is 1. The van der Waals surface area contributed by atoms with Gasteiger partial charge in [0.2, 0.25) is 0 Å². The van der Waals surface area contributed by atoms with Gasteiger partial charge in [0.15, 0.2) is 5.82 Å². The molecule has 29 heavy (non-hydrogen) atoms. The lowest BCUT2D eigenvalue weighted by Crippen LogP contribution is -2.19. The number of aromatic nitrogens is 2. The number of hydrogen-bond donors (Lipinski definition) is 1. The minimum Gasteiger partial charge on any atom is -0.355 e. The highest BCUT2D eigenvalue weighted by Gasteiger charge is 2.18. The Kier molecular flexibility index (Phi) is 5.43. The molecular weight excluding hydrogens is 408 g/mol. The average Bonchev–Trinajstić information content (AvgIpc) is 3.25. The first-order chi connectivity index (χ1) is 13.9. The molecule has 1 aromatic heterocycles. The van der Waals surface area contributed by atoms with Crippen LogP contribution in [0.1, 0.15) is 18.4 Å². The molecular formula is C21H21ClN4O2S. The molecule has 0 atom stereocenters. The lowest BCUT2D eigenvalue weighted by Gasteiger charge is -2.15. The zero-order chi connectivity index (χ0) is 20.4. The molecule has 0 spiro atoms. The number of anilines is 2. The maximum Gasteiger partial charge on any atom is 0.262 e. The van der Waals surface area contributed by atoms with Gasteiger partial charge in [0.05, 0.1) is 10.6 Å². The van der Waals surface area contributed by atoms with Crippen LogP contribution in [0.25, 0.3) is 11.3 Å². The van der Waals surface area contributed by atoms with Gasteiger partial charge in [-0.2, -0.15) is 0 Å². The number of nitrogens with zero attached hydrogens (tertiary/aromatic N) is 3. The monoisotopic (exact) mass is 428 g/mol. The van der Waals surface area contributed by atoms with Crippen molar-refractivity contribution in [2.45, 2.75) is 24.7 Å². The number of sulfonamides is 1. The third-order valence-corrected chi connectivity index (χ3v) is 6.71. The zero-order valence-corrected chi connectivity index (χ0v) is 17.5. The summed E-state index contributed by atoms with van der Waals surface area (Å²) in [5.74, 6) is 0.896. The van der Waals surface area contributed by atoms with E-state index in [1.54, 1.807) is 31.2 Å². The third-order valence-electron chi connectivity index (χ3n) is 4.95. The van der Waals surface area contributed by atoms with Crippen LogP contribution in [0.3, 0.4) is 0 Å². The molecule has 0 unspecified atom stereocenters. The van der Waals surface area contributed by atoms with Gasteiger partial charge < -0.3 is 4.90 Å². The second-order valence-electron chi connectivity index (χ2n) is 7.06. The van der Waals surface area contributed by atoms with Crippen molar-refractivity contribution < 1.29 is 8.42 Å². The van der Waals surface area contributed by atoms with Gasteiger partial charge in [0, 0.05) is 29.4 Å². The molecule has 2 aromatic carbocycles. The Morgan fingerprint density at radius 1 is 0.966 bits per heavy atom. The van der Waals surface area contributed by atoms with Crippen molar-refractivity contribution in [2.75, 3.05) is 22.7 Å². The Labute approximate surface area is 175 Å². The van der Waals surface area contributed by atoms with Gasteiger partial charge in [0.25, 0.3) is 10.0 Å². The summed E-state index contributed by atoms with van der Waals surface area (Å²) in [4.78, 5) is 2.39. The number of nitrogens with one attached hydrogen (secondary N) is 1. The molecule has 3 aromatic rings. The first kappa shape index (κ1) is 19.7. The molecule has 6 nitrogen and oxygen atoms in total. The van der Waals surface area contributed by atoms with Crippen LogP contribution in [0.15, 0.2) is 59.5 Å². The van der Waals surface area contributed by atoms with Crippen LogP contribution >= 0.6 is 11.6 Å². The number of rotatable bonds is 5. The van der Waals surface area contributed by atoms with E-state index in [2.05, 4.69) is 19.8 Å². The van der Waals surface area contributed by atoms with Crippen LogP contribution in [0.4, 0.5) is 11.5 Å². The highest BCUT2D eigenvalue weighted by Crippen LogP contribution is 2.25. The average molecular weight is 429 g/mol. The summed E-state index contributed by atoms with van der Waals surface area (Å²) in [5, 5.41) is 9.03. The van der Waals surface area contributed by atoms with E-state index in [4.69, 9.17) is 11.6 Å². The summed E-state index contributed by atoms with van der Waals surface area (Å²) in [5.41, 5.74) is 2.71. The van der Waals surface area contributed by atoms with Gasteiger partial charge in [-0.1, -0.05) is 29.8 Å². The van der Waals surface area contributed by atoms with Crippen molar-refractivity contribution in [2.24, 2.45) is 0 Å². The van der Waals surface area contributed by atoms with Crippen molar-refractivity contribution in [1.29, 1.82) is 0 Å². The van der Waals surface area contributed by atoms with Crippen molar-refractivity contribution in [3.8, 4) is 11.3 Å². The van der Waals surface area contributed by atoms with E-state index in [0.29, 0.717) is 16.3 Å². The quantitative estimate of drug-likeness (QED) is 0.647. The van der Waals surface area contributed by atoms with Crippen LogP contribution in [0, 0.1) is 6.92 Å². The van der Waals surface area contributed by atoms with Crippen LogP contribution in [0.2, 0.25) is 5.02 Å². The molecule has 1 aliphatic heterocycles. The molecule has 0 radical (unpaired) electrons. The fourth-order valence-electron chi connectivity index (χ4n) is 3.38. The molecule has 1 aliphatic rings. The normalized spacial score (nSPS) is 14.2. The molecule has 150 valence electrons. The van der Waals surface area contributed by atoms with Crippen LogP contribution in [0.5, 0.6) is 0 Å². The van der Waals surface area contributed by atoms with E-state index >= 15 is 0 Å². The largest absolute Gasteiger partial charge is 0.355 e. The SMILES string of the molecule is Cc1ccc(Cl)cc1S(=O)(=O)Nc1ccc(-c2ccc(N3CCCC3)nn2)cc1. The number of aryl methyl sites for hydroxylation is 1. The highest BCUT2D eigenvalue weighted by atomic mass is 35.5. The maximum atomic E-state index is 12.7. The minimum atomic E-state index is -3.73. The second kappa shape index (κ2) is 8.00. The number of hydrogen-bond acceptors (Lipinski definition) is 5. The Bertz CT molecular complexity index is 1110. The molecule has 4 rings (SSSR count). The van der Waals surface area contributed by atoms with Crippen molar-refractivity contribution in [1.82, 2.24) is 10.2 Å². The van der Waals surface area contributed by atoms with E-state index in [-0.39, 0.29) is 4.90 Å². The summed E-state index contributed by atoms with van der Waals surface area (Å²) in [7, 11) is -3.73. The zero-order valence-electron chi connectivity index (χ0n) is 16.0. The lowest BCUT2D eigenvalue weighted by molar-refractivity contribution is 0.600. The van der Waals surface area contributed by atoms with Gasteiger partial charge >= 0.3 is 0 Å². The Morgan fingerprint density at radius 3 is 2.34 bits per heavy atom. The maximum absolute atomic E-state index is 12.7. The standard InChI is InChI=1S/C21H21ClN4O2S/c1-15-4-7-17(22)14-20(15)29(27,28)25-18-8-5-16(6-9-18)19-10-11-21(24-23-19)26-12-2-3-13-26/h4-11,14,25H,2-3,12-13H2,1H3. The Balaban J connectivity index is 1.51. The molecule has 8 heteroatoms. The predicted octanol–water partition coefficient (Wildman–Crippen LogP) is 4.51. The molecule has 1 N–H and O–H groups in total. The molecule has 1 fully saturated rings. The fraction of sp³-hybridized carbons (Fsp3) is 0.238. The van der Waals surface area contributed by atoms with Crippen LogP contribution in [-0.4, -0.2) is 31.7 Å². The third kappa shape index (κ3) is 4.36. The summed E-state index contributed by atoms with van der Waals surface area (Å²) in [6.07, 6.45) is 2.38. The van der Waals surface area contributed by atoms with Crippen molar-refractivity contribution >= 4 is 33.1 Å². The first-order valence-electron chi connectivity index (χ1n) is 9.40. The van der Waals surface area contributed by atoms with Gasteiger partial charge in [-0.25, -0.2) is 8.42 Å². The van der Waals surface area contributed by atoms with E-state index in [9.17, 15) is 8.42 Å². The first-order valence-corrected chi connectivity index (χ1v) is 11.3. The molecule has 1 saturated heterocycles. The summed E-state index contributed by atoms with van der Waals surface area (Å²) >= 11 is 5.96. The van der Waals surface area contributed by atoms with Crippen molar-refractivity contribution in [3.05, 3.63) is 65.2 Å². The Morgan fingerprint density at radius 2 is 1.69 bits per heavy atom. The lowest BCUT2D eigenvalue weighted by atomic mass is 10.1. The molecule has 2 heterocycles. The van der Waals surface area contributed by atoms with Gasteiger partial charge in [-0.15, -0.1) is 10.2 Å². The van der Waals surface area contributed by atoms with E-state index in [1.165, 1.54) is 18.9 Å². The van der Waals surface area contributed by atoms with Crippen LogP contribution in [-0.2, 0) is 10.0 Å². The predicted molar refractivity (Wildman–Crippen MR) is 116 cm³/mol. The molecule has 0 amide bonds. The Hall–Kier alpha value is -2.64. The summed E-state index contributed by atoms with van der Waals surface area (Å²) < 4.78 is 28.0. The van der Waals surface area contributed by atoms with Crippen LogP contribution < -0.4 is 9.62 Å². The van der Waals surface area contributed by atoms with E-state index < -0.39 is 10.0 Å². The fourth-order valence-corrected chi connectivity index (χ4v) is 4.94. The van der Waals surface area contributed by atoms with Gasteiger partial charge in [0.1, 0.15) is 0 Å². The molecule has 0 aliphatic carbocycles. The van der Waals surface area contributed by atoms with E-state index in [0.717, 1.165) is 30.2 Å². The highest BCUT2D eigenvalue weighted by molar-refractivity contribution is 7.92. The summed E-state index contributed by atoms with van der Waals surface area (Å²) in [6, 6.07) is 15.8. The number of benzene rings is 2. The van der Waals surface area contributed by atoms with Gasteiger partial charge in [-0.05, 0) is 61.7 Å². The van der Waals surface area contributed by atoms with E-state index in [1.807, 2.05) is 24.3 Å². The minimum absolute atomic E-state index is 0.164. The summed E-state index contributed by atoms with van der Waals surface area (Å²) in [6.45, 7) is 3.78. The van der Waals surface area contributed by atoms with Crippen molar-refractivity contribution in [3.63, 3.8) is 0 Å². The topological polar surface area (TPSA) is 75.2 Å². The second-order valence-corrected chi connectivity index (χ2v) is 9.15. The molecule has 0 bridgehead atoms. The molecule has 0 saturated carbocycles. The smallest absolute Gasteiger partial charge is 0.262 e. The van der Waals surface area contributed by atoms with Gasteiger partial charge in [-0.3, -0.25) is 4.72 Å².